The van der Waals surface area contributed by atoms with Crippen molar-refractivity contribution >= 4 is 45.2 Å². The molecular weight excluding hydrogens is 382 g/mol. The number of aromatic nitrogens is 3. The van der Waals surface area contributed by atoms with Gasteiger partial charge in [-0.3, -0.25) is 9.59 Å². The minimum atomic E-state index is -0.271. The number of carbonyl (C=O) groups excluding carboxylic acids is 2. The van der Waals surface area contributed by atoms with E-state index in [2.05, 4.69) is 36.8 Å². The lowest BCUT2D eigenvalue weighted by atomic mass is 10.2. The predicted octanol–water partition coefficient (Wildman–Crippen LogP) is 1.73. The van der Waals surface area contributed by atoms with Gasteiger partial charge in [0, 0.05) is 17.2 Å². The van der Waals surface area contributed by atoms with Crippen LogP contribution in [0.3, 0.4) is 0 Å². The molecule has 0 fully saturated rings. The van der Waals surface area contributed by atoms with Crippen LogP contribution in [0, 0.1) is 6.92 Å². The Balaban J connectivity index is 1.75. The summed E-state index contributed by atoms with van der Waals surface area (Å²) in [7, 11) is 1.80. The molecule has 0 aliphatic rings. The third-order valence-electron chi connectivity index (χ3n) is 2.91. The minimum Gasteiger partial charge on any atom is -0.346 e. The van der Waals surface area contributed by atoms with Crippen molar-refractivity contribution in [1.29, 1.82) is 0 Å². The van der Waals surface area contributed by atoms with Crippen molar-refractivity contribution < 1.29 is 9.59 Å². The maximum Gasteiger partial charge on any atom is 0.243 e. The van der Waals surface area contributed by atoms with Crippen LogP contribution in [-0.2, 0) is 16.6 Å². The first kappa shape index (κ1) is 17.5. The van der Waals surface area contributed by atoms with Crippen molar-refractivity contribution in [2.45, 2.75) is 12.1 Å². The number of hydrogen-bond donors (Lipinski definition) is 2. The van der Waals surface area contributed by atoms with Crippen LogP contribution in [0.1, 0.15) is 5.56 Å². The molecule has 1 aromatic carbocycles. The first-order valence-corrected chi connectivity index (χ1v) is 8.53. The normalized spacial score (nSPS) is 10.4. The highest BCUT2D eigenvalue weighted by Gasteiger charge is 2.09. The molecule has 0 unspecified atom stereocenters. The Morgan fingerprint density at radius 2 is 2.13 bits per heavy atom. The smallest absolute Gasteiger partial charge is 0.243 e. The van der Waals surface area contributed by atoms with E-state index in [1.165, 1.54) is 11.8 Å². The maximum atomic E-state index is 11.9. The van der Waals surface area contributed by atoms with Gasteiger partial charge < -0.3 is 15.2 Å². The van der Waals surface area contributed by atoms with Crippen molar-refractivity contribution in [2.75, 3.05) is 17.6 Å². The van der Waals surface area contributed by atoms with Gasteiger partial charge in [0.1, 0.15) is 6.33 Å². The monoisotopic (exact) mass is 397 g/mol. The largest absolute Gasteiger partial charge is 0.346 e. The van der Waals surface area contributed by atoms with Crippen LogP contribution < -0.4 is 10.6 Å². The fourth-order valence-electron chi connectivity index (χ4n) is 1.73. The Morgan fingerprint density at radius 1 is 1.35 bits per heavy atom. The van der Waals surface area contributed by atoms with Crippen molar-refractivity contribution in [3.8, 4) is 0 Å². The van der Waals surface area contributed by atoms with Gasteiger partial charge in [-0.05, 0) is 30.7 Å². The molecule has 2 N–H and O–H groups in total. The molecule has 0 bridgehead atoms. The number of aryl methyl sites for hydroxylation is 2. The molecule has 1 aromatic heterocycles. The van der Waals surface area contributed by atoms with E-state index in [0.717, 1.165) is 15.7 Å². The first-order valence-electron chi connectivity index (χ1n) is 6.75. The molecular formula is C14H16BrN5O2S. The molecule has 1 heterocycles. The molecule has 23 heavy (non-hydrogen) atoms. The molecule has 0 aliphatic heterocycles. The van der Waals surface area contributed by atoms with E-state index in [1.807, 2.05) is 25.1 Å². The zero-order valence-electron chi connectivity index (χ0n) is 12.7. The zero-order valence-corrected chi connectivity index (χ0v) is 15.1. The van der Waals surface area contributed by atoms with Crippen LogP contribution in [0.5, 0.6) is 0 Å². The summed E-state index contributed by atoms with van der Waals surface area (Å²) < 4.78 is 2.67. The van der Waals surface area contributed by atoms with Gasteiger partial charge >= 0.3 is 0 Å². The molecule has 0 saturated carbocycles. The number of thioether (sulfide) groups is 1. The van der Waals surface area contributed by atoms with E-state index in [9.17, 15) is 9.59 Å². The minimum absolute atomic E-state index is 0.0757. The van der Waals surface area contributed by atoms with Gasteiger partial charge in [-0.2, -0.15) is 0 Å². The molecule has 0 spiro atoms. The van der Waals surface area contributed by atoms with E-state index in [0.29, 0.717) is 5.16 Å². The summed E-state index contributed by atoms with van der Waals surface area (Å²) in [6, 6.07) is 5.56. The van der Waals surface area contributed by atoms with Crippen molar-refractivity contribution in [3.63, 3.8) is 0 Å². The number of nitrogens with one attached hydrogen (secondary N) is 2. The fourth-order valence-corrected chi connectivity index (χ4v) is 2.92. The van der Waals surface area contributed by atoms with Gasteiger partial charge in [0.15, 0.2) is 5.16 Å². The van der Waals surface area contributed by atoms with E-state index >= 15 is 0 Å². The standard InChI is InChI=1S/C14H16BrN5O2S/c1-9-5-10(15)3-4-11(9)18-12(21)6-16-13(22)7-23-14-19-17-8-20(14)2/h3-5,8H,6-7H2,1-2H3,(H,16,22)(H,18,21). The Bertz CT molecular complexity index is 719. The maximum absolute atomic E-state index is 11.9. The molecule has 2 rings (SSSR count). The van der Waals surface area contributed by atoms with Gasteiger partial charge in [-0.15, -0.1) is 10.2 Å². The molecule has 0 radical (unpaired) electrons. The summed E-state index contributed by atoms with van der Waals surface area (Å²) in [5.41, 5.74) is 1.66. The van der Waals surface area contributed by atoms with Crippen LogP contribution in [0.15, 0.2) is 34.2 Å². The second-order valence-corrected chi connectivity index (χ2v) is 6.66. The molecule has 122 valence electrons. The summed E-state index contributed by atoms with van der Waals surface area (Å²) in [6.07, 6.45) is 1.56. The quantitative estimate of drug-likeness (QED) is 0.724. The Kier molecular flexibility index (Phi) is 6.17. The van der Waals surface area contributed by atoms with E-state index in [-0.39, 0.29) is 24.1 Å². The molecule has 2 aromatic rings. The topological polar surface area (TPSA) is 88.9 Å². The lowest BCUT2D eigenvalue weighted by Gasteiger charge is -2.09. The highest BCUT2D eigenvalue weighted by atomic mass is 79.9. The number of halogens is 1. The van der Waals surface area contributed by atoms with Crippen LogP contribution >= 0.6 is 27.7 Å². The summed E-state index contributed by atoms with van der Waals surface area (Å²) in [5.74, 6) is -0.329. The zero-order chi connectivity index (χ0) is 16.8. The molecule has 0 saturated heterocycles. The number of amides is 2. The lowest BCUT2D eigenvalue weighted by Crippen LogP contribution is -2.34. The summed E-state index contributed by atoms with van der Waals surface area (Å²) in [4.78, 5) is 23.6. The summed E-state index contributed by atoms with van der Waals surface area (Å²) in [6.45, 7) is 1.82. The molecule has 0 atom stereocenters. The Hall–Kier alpha value is -1.87. The number of benzene rings is 1. The predicted molar refractivity (Wildman–Crippen MR) is 92.2 cm³/mol. The van der Waals surface area contributed by atoms with E-state index in [4.69, 9.17) is 0 Å². The fraction of sp³-hybridized carbons (Fsp3) is 0.286. The van der Waals surface area contributed by atoms with Gasteiger partial charge in [0.25, 0.3) is 0 Å². The summed E-state index contributed by atoms with van der Waals surface area (Å²) >= 11 is 4.63. The average Bonchev–Trinajstić information content (AvgIpc) is 2.91. The van der Waals surface area contributed by atoms with E-state index < -0.39 is 0 Å². The number of rotatable bonds is 6. The van der Waals surface area contributed by atoms with Gasteiger partial charge in [-0.1, -0.05) is 27.7 Å². The number of anilines is 1. The highest BCUT2D eigenvalue weighted by Crippen LogP contribution is 2.19. The highest BCUT2D eigenvalue weighted by molar-refractivity contribution is 9.10. The van der Waals surface area contributed by atoms with Crippen LogP contribution in [0.2, 0.25) is 0 Å². The third-order valence-corrected chi connectivity index (χ3v) is 4.44. The van der Waals surface area contributed by atoms with Gasteiger partial charge in [-0.25, -0.2) is 0 Å². The lowest BCUT2D eigenvalue weighted by molar-refractivity contribution is -0.122. The SMILES string of the molecule is Cc1cc(Br)ccc1NC(=O)CNC(=O)CSc1nncn1C. The number of carbonyl (C=O) groups is 2. The Morgan fingerprint density at radius 3 is 2.78 bits per heavy atom. The number of hydrogen-bond acceptors (Lipinski definition) is 5. The second kappa shape index (κ2) is 8.11. The van der Waals surface area contributed by atoms with Crippen LogP contribution in [0.4, 0.5) is 5.69 Å². The molecule has 2 amide bonds. The van der Waals surface area contributed by atoms with Crippen molar-refractivity contribution in [1.82, 2.24) is 20.1 Å². The second-order valence-electron chi connectivity index (χ2n) is 4.80. The molecule has 7 nitrogen and oxygen atoms in total. The van der Waals surface area contributed by atoms with Gasteiger partial charge in [0.2, 0.25) is 11.8 Å². The Labute approximate surface area is 146 Å². The molecule has 9 heteroatoms. The third kappa shape index (κ3) is 5.36. The van der Waals surface area contributed by atoms with Crippen molar-refractivity contribution in [3.05, 3.63) is 34.6 Å². The average molecular weight is 398 g/mol. The first-order chi connectivity index (χ1) is 11.0. The van der Waals surface area contributed by atoms with Crippen LogP contribution in [-0.4, -0.2) is 38.9 Å². The van der Waals surface area contributed by atoms with Gasteiger partial charge in [0.05, 0.1) is 12.3 Å². The summed E-state index contributed by atoms with van der Waals surface area (Å²) in [5, 5.41) is 13.6. The number of nitrogens with zero attached hydrogens (tertiary/aromatic N) is 3. The van der Waals surface area contributed by atoms with E-state index in [1.54, 1.807) is 17.9 Å². The molecule has 0 aliphatic carbocycles. The van der Waals surface area contributed by atoms with Crippen molar-refractivity contribution in [2.24, 2.45) is 7.05 Å². The van der Waals surface area contributed by atoms with Crippen LogP contribution in [0.25, 0.3) is 0 Å².